The predicted octanol–water partition coefficient (Wildman–Crippen LogP) is 0.544. The van der Waals surface area contributed by atoms with Crippen LogP contribution >= 0.6 is 10.7 Å². The fraction of sp³-hybridized carbons (Fsp3) is 1.00. The molecule has 0 aromatic rings. The molecule has 0 bridgehead atoms. The summed E-state index contributed by atoms with van der Waals surface area (Å²) in [6.45, 7) is 4.84. The average Bonchev–Trinajstić information content (AvgIpc) is 2.01. The van der Waals surface area contributed by atoms with Crippen LogP contribution in [-0.4, -0.2) is 39.0 Å². The minimum Gasteiger partial charge on any atom is -0.302 e. The standard InChI is InChI=1S/C7H15ClN2O2S/c1-2-10-5-3-4-7(6-10)9-13(8,11)12/h7,9H,2-6H2,1H3. The number of rotatable bonds is 3. The molecule has 6 heteroatoms. The lowest BCUT2D eigenvalue weighted by Crippen LogP contribution is -2.46. The van der Waals surface area contributed by atoms with Crippen molar-refractivity contribution < 1.29 is 8.42 Å². The molecule has 0 amide bonds. The molecule has 1 atom stereocenters. The second-order valence-corrected chi connectivity index (χ2v) is 5.62. The first-order valence-corrected chi connectivity index (χ1v) is 6.76. The van der Waals surface area contributed by atoms with Gasteiger partial charge in [0.05, 0.1) is 0 Å². The number of nitrogens with zero attached hydrogens (tertiary/aromatic N) is 1. The van der Waals surface area contributed by atoms with Crippen LogP contribution in [0.5, 0.6) is 0 Å². The smallest absolute Gasteiger partial charge is 0.297 e. The quantitative estimate of drug-likeness (QED) is 0.715. The summed E-state index contributed by atoms with van der Waals surface area (Å²) in [5.74, 6) is 0. The van der Waals surface area contributed by atoms with Crippen LogP contribution in [0.25, 0.3) is 0 Å². The molecule has 1 saturated heterocycles. The van der Waals surface area contributed by atoms with Gasteiger partial charge in [-0.15, -0.1) is 0 Å². The summed E-state index contributed by atoms with van der Waals surface area (Å²) in [6, 6.07) is -0.0174. The molecule has 1 unspecified atom stereocenters. The van der Waals surface area contributed by atoms with Crippen molar-refractivity contribution in [3.63, 3.8) is 0 Å². The van der Waals surface area contributed by atoms with Gasteiger partial charge in [-0.1, -0.05) is 6.92 Å². The van der Waals surface area contributed by atoms with Crippen LogP contribution in [0.3, 0.4) is 0 Å². The summed E-state index contributed by atoms with van der Waals surface area (Å²) in [6.07, 6.45) is 1.90. The Labute approximate surface area is 83.8 Å². The van der Waals surface area contributed by atoms with E-state index in [9.17, 15) is 8.42 Å². The molecule has 1 aliphatic rings. The Kier molecular flexibility index (Phi) is 3.97. The molecule has 1 rings (SSSR count). The van der Waals surface area contributed by atoms with Crippen molar-refractivity contribution in [2.24, 2.45) is 0 Å². The first-order chi connectivity index (χ1) is 6.01. The second-order valence-electron chi connectivity index (χ2n) is 3.29. The van der Waals surface area contributed by atoms with E-state index in [2.05, 4.69) is 16.5 Å². The number of likely N-dealkylation sites (tertiary alicyclic amines) is 1. The van der Waals surface area contributed by atoms with E-state index < -0.39 is 9.24 Å². The maximum absolute atomic E-state index is 10.7. The van der Waals surface area contributed by atoms with Gasteiger partial charge >= 0.3 is 0 Å². The lowest BCUT2D eigenvalue weighted by Gasteiger charge is -2.31. The third kappa shape index (κ3) is 4.26. The number of halogens is 1. The second kappa shape index (κ2) is 4.59. The van der Waals surface area contributed by atoms with Gasteiger partial charge < -0.3 is 4.90 Å². The van der Waals surface area contributed by atoms with Crippen molar-refractivity contribution in [3.05, 3.63) is 0 Å². The van der Waals surface area contributed by atoms with Crippen LogP contribution < -0.4 is 4.72 Å². The molecule has 0 aromatic heterocycles. The lowest BCUT2D eigenvalue weighted by molar-refractivity contribution is 0.212. The molecule has 0 aromatic carbocycles. The van der Waals surface area contributed by atoms with Crippen molar-refractivity contribution in [1.82, 2.24) is 9.62 Å². The summed E-state index contributed by atoms with van der Waals surface area (Å²) in [4.78, 5) is 2.21. The molecule has 1 aliphatic heterocycles. The zero-order valence-electron chi connectivity index (χ0n) is 7.66. The molecule has 1 fully saturated rings. The maximum Gasteiger partial charge on any atom is 0.297 e. The van der Waals surface area contributed by atoms with Crippen molar-refractivity contribution in [2.45, 2.75) is 25.8 Å². The van der Waals surface area contributed by atoms with Crippen molar-refractivity contribution in [3.8, 4) is 0 Å². The van der Waals surface area contributed by atoms with Gasteiger partial charge in [0, 0.05) is 23.3 Å². The molecular formula is C7H15ClN2O2S. The Morgan fingerprint density at radius 1 is 1.62 bits per heavy atom. The maximum atomic E-state index is 10.7. The van der Waals surface area contributed by atoms with Crippen LogP contribution in [0, 0.1) is 0 Å². The zero-order chi connectivity index (χ0) is 9.90. The number of piperidine rings is 1. The van der Waals surface area contributed by atoms with Gasteiger partial charge in [0.2, 0.25) is 0 Å². The Bertz CT molecular complexity index is 255. The van der Waals surface area contributed by atoms with E-state index in [0.29, 0.717) is 0 Å². The van der Waals surface area contributed by atoms with Gasteiger partial charge in [-0.3, -0.25) is 0 Å². The Morgan fingerprint density at radius 3 is 2.85 bits per heavy atom. The van der Waals surface area contributed by atoms with E-state index in [1.54, 1.807) is 0 Å². The van der Waals surface area contributed by atoms with E-state index in [1.807, 2.05) is 0 Å². The van der Waals surface area contributed by atoms with E-state index in [-0.39, 0.29) is 6.04 Å². The number of hydrogen-bond acceptors (Lipinski definition) is 3. The van der Waals surface area contributed by atoms with Gasteiger partial charge in [-0.05, 0) is 25.9 Å². The summed E-state index contributed by atoms with van der Waals surface area (Å²) in [5.41, 5.74) is 0. The van der Waals surface area contributed by atoms with E-state index >= 15 is 0 Å². The van der Waals surface area contributed by atoms with Crippen LogP contribution in [-0.2, 0) is 9.24 Å². The third-order valence-electron chi connectivity index (χ3n) is 2.26. The summed E-state index contributed by atoms with van der Waals surface area (Å²) >= 11 is 0. The number of hydrogen-bond donors (Lipinski definition) is 1. The van der Waals surface area contributed by atoms with Gasteiger partial charge in [0.25, 0.3) is 9.24 Å². The minimum absolute atomic E-state index is 0.0174. The van der Waals surface area contributed by atoms with Gasteiger partial charge in [-0.25, -0.2) is 0 Å². The molecule has 1 heterocycles. The largest absolute Gasteiger partial charge is 0.302 e. The van der Waals surface area contributed by atoms with Gasteiger partial charge in [-0.2, -0.15) is 13.1 Å². The lowest BCUT2D eigenvalue weighted by atomic mass is 10.1. The highest BCUT2D eigenvalue weighted by Crippen LogP contribution is 2.11. The van der Waals surface area contributed by atoms with Crippen LogP contribution in [0.1, 0.15) is 19.8 Å². The summed E-state index contributed by atoms with van der Waals surface area (Å²) in [5, 5.41) is 0. The average molecular weight is 227 g/mol. The molecule has 13 heavy (non-hydrogen) atoms. The first kappa shape index (κ1) is 11.2. The Morgan fingerprint density at radius 2 is 2.31 bits per heavy atom. The van der Waals surface area contributed by atoms with Crippen molar-refractivity contribution >= 4 is 19.9 Å². The number of likely N-dealkylation sites (N-methyl/N-ethyl adjacent to an activating group) is 1. The molecular weight excluding hydrogens is 212 g/mol. The van der Waals surface area contributed by atoms with Crippen LogP contribution in [0.15, 0.2) is 0 Å². The van der Waals surface area contributed by atoms with Gasteiger partial charge in [0.15, 0.2) is 0 Å². The molecule has 0 aliphatic carbocycles. The van der Waals surface area contributed by atoms with Crippen LogP contribution in [0.2, 0.25) is 0 Å². The van der Waals surface area contributed by atoms with Gasteiger partial charge in [0.1, 0.15) is 0 Å². The van der Waals surface area contributed by atoms with E-state index in [0.717, 1.165) is 32.5 Å². The Hall–Kier alpha value is 0.160. The monoisotopic (exact) mass is 226 g/mol. The predicted molar refractivity (Wildman–Crippen MR) is 53.0 cm³/mol. The van der Waals surface area contributed by atoms with Crippen LogP contribution in [0.4, 0.5) is 0 Å². The summed E-state index contributed by atoms with van der Waals surface area (Å²) in [7, 11) is 1.54. The molecule has 0 radical (unpaired) electrons. The molecule has 78 valence electrons. The number of nitrogens with one attached hydrogen (secondary N) is 1. The van der Waals surface area contributed by atoms with Crippen molar-refractivity contribution in [2.75, 3.05) is 19.6 Å². The summed E-state index contributed by atoms with van der Waals surface area (Å²) < 4.78 is 23.9. The molecule has 1 N–H and O–H groups in total. The highest BCUT2D eigenvalue weighted by Gasteiger charge is 2.21. The first-order valence-electron chi connectivity index (χ1n) is 4.45. The Balaban J connectivity index is 2.43. The highest BCUT2D eigenvalue weighted by molar-refractivity contribution is 8.12. The van der Waals surface area contributed by atoms with Crippen molar-refractivity contribution in [1.29, 1.82) is 0 Å². The topological polar surface area (TPSA) is 49.4 Å². The third-order valence-corrected chi connectivity index (χ3v) is 3.14. The normalized spacial score (nSPS) is 26.2. The minimum atomic E-state index is -3.56. The molecule has 0 saturated carbocycles. The zero-order valence-corrected chi connectivity index (χ0v) is 9.24. The SMILES string of the molecule is CCN1CCCC(NS(=O)(=O)Cl)C1. The van der Waals surface area contributed by atoms with E-state index in [1.165, 1.54) is 0 Å². The fourth-order valence-corrected chi connectivity index (χ4v) is 2.61. The van der Waals surface area contributed by atoms with E-state index in [4.69, 9.17) is 10.7 Å². The fourth-order valence-electron chi connectivity index (χ4n) is 1.64. The molecule has 0 spiro atoms. The highest BCUT2D eigenvalue weighted by atomic mass is 35.7. The molecule has 4 nitrogen and oxygen atoms in total.